The Kier molecular flexibility index (Phi) is 4.43. The van der Waals surface area contributed by atoms with Crippen molar-refractivity contribution in [3.63, 3.8) is 0 Å². The van der Waals surface area contributed by atoms with Crippen molar-refractivity contribution >= 4 is 11.6 Å². The molecule has 2 unspecified atom stereocenters. The topological polar surface area (TPSA) is 0 Å². The van der Waals surface area contributed by atoms with Crippen molar-refractivity contribution in [2.45, 2.75) is 31.6 Å². The molecule has 94 valence electrons. The summed E-state index contributed by atoms with van der Waals surface area (Å²) in [4.78, 5) is 0. The van der Waals surface area contributed by atoms with Gasteiger partial charge in [-0.15, -0.1) is 11.6 Å². The van der Waals surface area contributed by atoms with Gasteiger partial charge in [-0.3, -0.25) is 0 Å². The first-order valence-electron chi connectivity index (χ1n) is 6.50. The fraction of sp³-hybridized carbons (Fsp3) is 0.294. The predicted octanol–water partition coefficient (Wildman–Crippen LogP) is 5.33. The molecule has 0 aliphatic carbocycles. The average molecular weight is 259 g/mol. The van der Waals surface area contributed by atoms with Crippen molar-refractivity contribution in [2.24, 2.45) is 0 Å². The van der Waals surface area contributed by atoms with Gasteiger partial charge in [-0.05, 0) is 23.1 Å². The van der Waals surface area contributed by atoms with Crippen LogP contribution in [0.25, 0.3) is 0 Å². The monoisotopic (exact) mass is 258 g/mol. The molecule has 0 radical (unpaired) electrons. The minimum atomic E-state index is 0.0262. The van der Waals surface area contributed by atoms with Crippen LogP contribution in [-0.2, 0) is 6.42 Å². The number of benzene rings is 2. The van der Waals surface area contributed by atoms with Gasteiger partial charge in [-0.1, -0.05) is 68.4 Å². The van der Waals surface area contributed by atoms with Crippen molar-refractivity contribution in [3.8, 4) is 0 Å². The third-order valence-electron chi connectivity index (χ3n) is 3.47. The van der Waals surface area contributed by atoms with Crippen LogP contribution in [0.1, 0.15) is 41.8 Å². The molecule has 0 aliphatic rings. The molecule has 18 heavy (non-hydrogen) atoms. The van der Waals surface area contributed by atoms with E-state index >= 15 is 0 Å². The second-order valence-electron chi connectivity index (χ2n) is 4.70. The molecule has 1 heteroatoms. The first-order chi connectivity index (χ1) is 8.72. The van der Waals surface area contributed by atoms with Crippen LogP contribution in [0, 0.1) is 0 Å². The highest BCUT2D eigenvalue weighted by molar-refractivity contribution is 6.21. The Labute approximate surface area is 115 Å². The van der Waals surface area contributed by atoms with E-state index in [9.17, 15) is 0 Å². The SMILES string of the molecule is CCc1ccc(C(Cl)C(C)c2ccccc2)cc1. The maximum Gasteiger partial charge on any atom is 0.0651 e. The Morgan fingerprint density at radius 2 is 1.50 bits per heavy atom. The van der Waals surface area contributed by atoms with Gasteiger partial charge in [0.25, 0.3) is 0 Å². The van der Waals surface area contributed by atoms with Crippen LogP contribution in [0.15, 0.2) is 54.6 Å². The van der Waals surface area contributed by atoms with Gasteiger partial charge in [0.15, 0.2) is 0 Å². The van der Waals surface area contributed by atoms with E-state index in [-0.39, 0.29) is 5.38 Å². The summed E-state index contributed by atoms with van der Waals surface area (Å²) in [5.74, 6) is 0.320. The number of hydrogen-bond donors (Lipinski definition) is 0. The standard InChI is InChI=1S/C17H19Cl/c1-3-14-9-11-16(12-10-14)17(18)13(2)15-7-5-4-6-8-15/h4-13,17H,3H2,1-2H3. The van der Waals surface area contributed by atoms with Gasteiger partial charge in [0, 0.05) is 5.92 Å². The zero-order valence-electron chi connectivity index (χ0n) is 10.9. The van der Waals surface area contributed by atoms with Crippen molar-refractivity contribution in [2.75, 3.05) is 0 Å². The molecule has 0 bridgehead atoms. The van der Waals surface area contributed by atoms with Crippen LogP contribution in [0.5, 0.6) is 0 Å². The smallest absolute Gasteiger partial charge is 0.0651 e. The van der Waals surface area contributed by atoms with Crippen LogP contribution < -0.4 is 0 Å². The molecule has 0 fully saturated rings. The summed E-state index contributed by atoms with van der Waals surface area (Å²) in [6, 6.07) is 19.1. The summed E-state index contributed by atoms with van der Waals surface area (Å²) < 4.78 is 0. The minimum absolute atomic E-state index is 0.0262. The van der Waals surface area contributed by atoms with Gasteiger partial charge in [0.2, 0.25) is 0 Å². The number of rotatable bonds is 4. The largest absolute Gasteiger partial charge is 0.117 e. The normalized spacial score (nSPS) is 14.2. The Morgan fingerprint density at radius 3 is 2.06 bits per heavy atom. The van der Waals surface area contributed by atoms with Crippen molar-refractivity contribution < 1.29 is 0 Å². The molecular formula is C17H19Cl. The van der Waals surface area contributed by atoms with Crippen LogP contribution in [0.3, 0.4) is 0 Å². The molecule has 0 heterocycles. The molecule has 2 aromatic rings. The highest BCUT2D eigenvalue weighted by Gasteiger charge is 2.17. The lowest BCUT2D eigenvalue weighted by atomic mass is 9.93. The summed E-state index contributed by atoms with van der Waals surface area (Å²) in [6.07, 6.45) is 1.07. The van der Waals surface area contributed by atoms with Gasteiger partial charge in [0.05, 0.1) is 5.38 Å². The van der Waals surface area contributed by atoms with E-state index in [1.807, 2.05) is 6.07 Å². The molecule has 0 spiro atoms. The predicted molar refractivity (Wildman–Crippen MR) is 79.3 cm³/mol. The van der Waals surface area contributed by atoms with E-state index in [1.165, 1.54) is 16.7 Å². The minimum Gasteiger partial charge on any atom is -0.117 e. The van der Waals surface area contributed by atoms with Crippen molar-refractivity contribution in [1.29, 1.82) is 0 Å². The van der Waals surface area contributed by atoms with Gasteiger partial charge in [-0.2, -0.15) is 0 Å². The highest BCUT2D eigenvalue weighted by atomic mass is 35.5. The van der Waals surface area contributed by atoms with E-state index in [2.05, 4.69) is 62.4 Å². The van der Waals surface area contributed by atoms with E-state index in [1.54, 1.807) is 0 Å². The molecule has 0 aromatic heterocycles. The van der Waals surface area contributed by atoms with E-state index < -0.39 is 0 Å². The second-order valence-corrected chi connectivity index (χ2v) is 5.17. The Bertz CT molecular complexity index is 473. The fourth-order valence-electron chi connectivity index (χ4n) is 2.15. The van der Waals surface area contributed by atoms with Gasteiger partial charge < -0.3 is 0 Å². The first kappa shape index (κ1) is 13.2. The molecule has 0 N–H and O–H groups in total. The molecule has 0 saturated heterocycles. The Balaban J connectivity index is 2.17. The van der Waals surface area contributed by atoms with Crippen molar-refractivity contribution in [1.82, 2.24) is 0 Å². The third kappa shape index (κ3) is 2.94. The zero-order chi connectivity index (χ0) is 13.0. The summed E-state index contributed by atoms with van der Waals surface area (Å²) >= 11 is 6.59. The third-order valence-corrected chi connectivity index (χ3v) is 4.10. The molecule has 2 aromatic carbocycles. The van der Waals surface area contributed by atoms with Gasteiger partial charge in [0.1, 0.15) is 0 Å². The maximum atomic E-state index is 6.59. The van der Waals surface area contributed by atoms with E-state index in [4.69, 9.17) is 11.6 Å². The average Bonchev–Trinajstić information content (AvgIpc) is 2.47. The second kappa shape index (κ2) is 6.06. The van der Waals surface area contributed by atoms with Gasteiger partial charge >= 0.3 is 0 Å². The lowest BCUT2D eigenvalue weighted by Gasteiger charge is -2.19. The first-order valence-corrected chi connectivity index (χ1v) is 6.94. The fourth-order valence-corrected chi connectivity index (χ4v) is 2.44. The maximum absolute atomic E-state index is 6.59. The highest BCUT2D eigenvalue weighted by Crippen LogP contribution is 2.35. The number of halogens is 1. The summed E-state index contributed by atoms with van der Waals surface area (Å²) in [6.45, 7) is 4.35. The molecule has 0 amide bonds. The number of hydrogen-bond acceptors (Lipinski definition) is 0. The lowest BCUT2D eigenvalue weighted by molar-refractivity contribution is 0.731. The Morgan fingerprint density at radius 1 is 0.889 bits per heavy atom. The van der Waals surface area contributed by atoms with Crippen LogP contribution >= 0.6 is 11.6 Å². The summed E-state index contributed by atoms with van der Waals surface area (Å²) in [7, 11) is 0. The van der Waals surface area contributed by atoms with Crippen LogP contribution in [0.4, 0.5) is 0 Å². The van der Waals surface area contributed by atoms with Crippen LogP contribution in [-0.4, -0.2) is 0 Å². The van der Waals surface area contributed by atoms with Gasteiger partial charge in [-0.25, -0.2) is 0 Å². The summed E-state index contributed by atoms with van der Waals surface area (Å²) in [5, 5.41) is 0.0262. The Hall–Kier alpha value is -1.27. The summed E-state index contributed by atoms with van der Waals surface area (Å²) in [5.41, 5.74) is 3.84. The van der Waals surface area contributed by atoms with E-state index in [0.29, 0.717) is 5.92 Å². The zero-order valence-corrected chi connectivity index (χ0v) is 11.7. The lowest BCUT2D eigenvalue weighted by Crippen LogP contribution is -2.02. The molecule has 0 saturated carbocycles. The molecule has 0 aliphatic heterocycles. The van der Waals surface area contributed by atoms with Crippen molar-refractivity contribution in [3.05, 3.63) is 71.3 Å². The number of alkyl halides is 1. The molecule has 0 nitrogen and oxygen atoms in total. The quantitative estimate of drug-likeness (QED) is 0.650. The number of aryl methyl sites for hydroxylation is 1. The molecular weight excluding hydrogens is 240 g/mol. The molecule has 2 atom stereocenters. The molecule has 2 rings (SSSR count). The van der Waals surface area contributed by atoms with E-state index in [0.717, 1.165) is 6.42 Å². The van der Waals surface area contributed by atoms with Crippen LogP contribution in [0.2, 0.25) is 0 Å².